The van der Waals surface area contributed by atoms with Crippen molar-refractivity contribution in [3.8, 4) is 0 Å². The normalized spacial score (nSPS) is 12.5. The van der Waals surface area contributed by atoms with Gasteiger partial charge in [0, 0.05) is 0 Å². The van der Waals surface area contributed by atoms with Crippen molar-refractivity contribution in [1.29, 1.82) is 0 Å². The molecule has 0 atom stereocenters. The van der Waals surface area contributed by atoms with E-state index in [2.05, 4.69) is 34.6 Å². The summed E-state index contributed by atoms with van der Waals surface area (Å²) in [6, 6.07) is 11.5. The Bertz CT molecular complexity index is 1720. The highest BCUT2D eigenvalue weighted by molar-refractivity contribution is 7.94. The molecule has 0 amide bonds. The summed E-state index contributed by atoms with van der Waals surface area (Å²) in [6.45, 7) is 1.46. The van der Waals surface area contributed by atoms with Gasteiger partial charge in [-0.2, -0.15) is 18.6 Å². The van der Waals surface area contributed by atoms with Crippen LogP contribution in [0.3, 0.4) is 0 Å². The molecule has 0 aromatic heterocycles. The zero-order chi connectivity index (χ0) is 29.3. The average Bonchev–Trinajstić information content (AvgIpc) is 2.90. The minimum absolute atomic E-state index is 0.0586. The average molecular weight is 595 g/mol. The Morgan fingerprint density at radius 3 is 2.45 bits per heavy atom. The van der Waals surface area contributed by atoms with Crippen LogP contribution in [0, 0.1) is 6.92 Å². The lowest BCUT2D eigenvalue weighted by Crippen LogP contribution is -2.48. The van der Waals surface area contributed by atoms with Crippen molar-refractivity contribution in [2.24, 2.45) is 10.2 Å². The minimum Gasteiger partial charge on any atom is -0.478 e. The summed E-state index contributed by atoms with van der Waals surface area (Å²) in [6.07, 6.45) is 0.565. The van der Waals surface area contributed by atoms with Crippen molar-refractivity contribution in [2.45, 2.75) is 24.7 Å². The second-order valence-electron chi connectivity index (χ2n) is 7.97. The van der Waals surface area contributed by atoms with Crippen molar-refractivity contribution in [2.75, 3.05) is 17.5 Å². The molecule has 0 radical (unpaired) electrons. The second-order valence-corrected chi connectivity index (χ2v) is 9.81. The van der Waals surface area contributed by atoms with E-state index in [-0.39, 0.29) is 35.3 Å². The lowest BCUT2D eigenvalue weighted by atomic mass is 10.1. The van der Waals surface area contributed by atoms with E-state index < -0.39 is 32.6 Å². The Balaban J connectivity index is 1.88. The van der Waals surface area contributed by atoms with Crippen LogP contribution >= 0.6 is 12.0 Å². The van der Waals surface area contributed by atoms with Crippen molar-refractivity contribution in [3.63, 3.8) is 0 Å². The highest BCUT2D eigenvalue weighted by Gasteiger charge is 2.11. The van der Waals surface area contributed by atoms with Gasteiger partial charge in [0.2, 0.25) is 10.9 Å². The molecule has 17 heteroatoms. The van der Waals surface area contributed by atoms with Crippen LogP contribution in [0.5, 0.6) is 0 Å². The molecule has 3 rings (SSSR count). The van der Waals surface area contributed by atoms with Crippen molar-refractivity contribution < 1.29 is 41.7 Å². The van der Waals surface area contributed by atoms with Gasteiger partial charge in [-0.3, -0.25) is 25.0 Å². The second kappa shape index (κ2) is 13.9. The first-order valence-electron chi connectivity index (χ1n) is 11.2. The number of aryl methyl sites for hydroxylation is 2. The monoisotopic (exact) mass is 594 g/mol. The molecule has 0 fully saturated rings. The Morgan fingerprint density at radius 2 is 1.75 bits per heavy atom. The van der Waals surface area contributed by atoms with E-state index in [1.165, 1.54) is 24.3 Å². The fourth-order valence-corrected chi connectivity index (χ4v) is 4.12. The molecule has 0 aliphatic rings. The molecule has 0 aliphatic carbocycles. The maximum absolute atomic E-state index is 12.9. The quantitative estimate of drug-likeness (QED) is 0.0619. The summed E-state index contributed by atoms with van der Waals surface area (Å²) >= 11 is 0.567. The predicted molar refractivity (Wildman–Crippen MR) is 141 cm³/mol. The first-order chi connectivity index (χ1) is 19.0. The molecule has 40 heavy (non-hydrogen) atoms. The van der Waals surface area contributed by atoms with Gasteiger partial charge < -0.3 is 5.11 Å². The summed E-state index contributed by atoms with van der Waals surface area (Å²) in [5.41, 5.74) is 5.26. The molecular weight excluding hydrogens is 572 g/mol. The molecule has 5 N–H and O–H groups in total. The van der Waals surface area contributed by atoms with Crippen LogP contribution in [-0.4, -0.2) is 35.9 Å². The molecule has 212 valence electrons. The molecule has 3 aromatic rings. The van der Waals surface area contributed by atoms with Gasteiger partial charge in [0.1, 0.15) is 5.36 Å². The standard InChI is InChI=1S/C23H22N4O11S2/c1-13-4-6-16(15(11-13)23(30)31)24-26-18-8-9-19(28)21(22(18)29)27-25-17-7-5-14(12-20(17)39-38-37-32)3-2-10-36-40(33,34)35/h4-9,11-12,24-25,32H,2-3,10H2,1H3,(H,30,31)(H,33,34,35)/b26-18+,27-21+. The lowest BCUT2D eigenvalue weighted by molar-refractivity contribution is -0.432. The summed E-state index contributed by atoms with van der Waals surface area (Å²) in [5.74, 6) is -1.19. The van der Waals surface area contributed by atoms with Crippen LogP contribution in [-0.2, 0) is 30.4 Å². The van der Waals surface area contributed by atoms with Crippen LogP contribution in [0.25, 0.3) is 0 Å². The summed E-state index contributed by atoms with van der Waals surface area (Å²) in [7, 11) is -4.55. The van der Waals surface area contributed by atoms with Crippen LogP contribution in [0.1, 0.15) is 27.9 Å². The number of benzene rings is 3. The van der Waals surface area contributed by atoms with Crippen molar-refractivity contribution >= 4 is 39.8 Å². The molecule has 0 unspecified atom stereocenters. The SMILES string of the molecule is Cc1ccc(N/N=c2\ccc(=O)/c(=N\Nc3ccc(CCCOS(=O)(=O)O)cc3SOOO)c2=O)c(C(=O)O)c1. The Hall–Kier alpha value is -3.97. The molecule has 0 bridgehead atoms. The zero-order valence-electron chi connectivity index (χ0n) is 20.6. The largest absolute Gasteiger partial charge is 0.478 e. The third kappa shape index (κ3) is 8.78. The van der Waals surface area contributed by atoms with E-state index in [1.807, 2.05) is 0 Å². The van der Waals surface area contributed by atoms with Crippen LogP contribution in [0.4, 0.5) is 11.4 Å². The molecule has 0 saturated heterocycles. The van der Waals surface area contributed by atoms with E-state index in [1.54, 1.807) is 25.1 Å². The molecule has 3 aromatic carbocycles. The predicted octanol–water partition coefficient (Wildman–Crippen LogP) is 1.33. The van der Waals surface area contributed by atoms with Crippen LogP contribution in [0.15, 0.2) is 73.2 Å². The third-order valence-corrected chi connectivity index (χ3v) is 6.22. The van der Waals surface area contributed by atoms with Gasteiger partial charge in [-0.05, 0) is 61.7 Å². The summed E-state index contributed by atoms with van der Waals surface area (Å²) < 4.78 is 38.7. The Labute approximate surface area is 230 Å². The summed E-state index contributed by atoms with van der Waals surface area (Å²) in [5, 5.41) is 28.7. The van der Waals surface area contributed by atoms with Crippen molar-refractivity contribution in [1.82, 2.24) is 0 Å². The van der Waals surface area contributed by atoms with Gasteiger partial charge in [0.05, 0.1) is 40.5 Å². The first-order valence-corrected chi connectivity index (χ1v) is 13.3. The van der Waals surface area contributed by atoms with Gasteiger partial charge >= 0.3 is 16.4 Å². The number of aromatic carboxylic acids is 1. The molecule has 0 heterocycles. The van der Waals surface area contributed by atoms with Gasteiger partial charge in [0.15, 0.2) is 5.36 Å². The number of nitrogens with zero attached hydrogens (tertiary/aromatic N) is 2. The molecule has 15 nitrogen and oxygen atoms in total. The van der Waals surface area contributed by atoms with E-state index in [4.69, 9.17) is 9.81 Å². The van der Waals surface area contributed by atoms with E-state index in [0.29, 0.717) is 34.5 Å². The number of rotatable bonds is 13. The number of anilines is 2. The number of carboxylic acid groups (broad SMARTS) is 1. The number of nitrogens with one attached hydrogen (secondary N) is 2. The maximum Gasteiger partial charge on any atom is 0.397 e. The summed E-state index contributed by atoms with van der Waals surface area (Å²) in [4.78, 5) is 37.1. The van der Waals surface area contributed by atoms with Gasteiger partial charge in [-0.25, -0.2) is 14.2 Å². The van der Waals surface area contributed by atoms with Crippen LogP contribution < -0.4 is 32.4 Å². The Morgan fingerprint density at radius 1 is 1.02 bits per heavy atom. The highest BCUT2D eigenvalue weighted by Crippen LogP contribution is 2.29. The highest BCUT2D eigenvalue weighted by atomic mass is 32.3. The first kappa shape index (κ1) is 30.6. The molecular formula is C23H22N4O11S2. The van der Waals surface area contributed by atoms with Gasteiger partial charge in [-0.15, -0.1) is 4.33 Å². The Kier molecular flexibility index (Phi) is 10.6. The molecule has 0 saturated carbocycles. The maximum atomic E-state index is 12.9. The minimum atomic E-state index is -4.55. The van der Waals surface area contributed by atoms with Crippen LogP contribution in [0.2, 0.25) is 0 Å². The number of carbonyl (C=O) groups is 1. The fourth-order valence-electron chi connectivity index (χ4n) is 3.28. The molecule has 0 spiro atoms. The van der Waals surface area contributed by atoms with Gasteiger partial charge in [-0.1, -0.05) is 22.7 Å². The smallest absolute Gasteiger partial charge is 0.397 e. The lowest BCUT2D eigenvalue weighted by Gasteiger charge is -2.09. The fraction of sp³-hybridized carbons (Fsp3) is 0.174. The van der Waals surface area contributed by atoms with E-state index in [9.17, 15) is 27.9 Å². The number of hydrogen-bond acceptors (Lipinski definition) is 14. The number of carboxylic acids is 1. The van der Waals surface area contributed by atoms with E-state index >= 15 is 0 Å². The van der Waals surface area contributed by atoms with Crippen molar-refractivity contribution in [3.05, 3.63) is 96.4 Å². The topological polar surface area (TPSA) is 223 Å². The third-order valence-electron chi connectivity index (χ3n) is 5.11. The zero-order valence-corrected chi connectivity index (χ0v) is 22.2. The van der Waals surface area contributed by atoms with E-state index in [0.717, 1.165) is 6.07 Å². The molecule has 0 aliphatic heterocycles. The number of hydrogen-bond donors (Lipinski definition) is 5. The van der Waals surface area contributed by atoms with Gasteiger partial charge in [0.25, 0.3) is 0 Å².